The van der Waals surface area contributed by atoms with Gasteiger partial charge >= 0.3 is 5.97 Å². The number of nitrogens with zero attached hydrogens (tertiary/aromatic N) is 1. The zero-order valence-corrected chi connectivity index (χ0v) is 11.1. The molecule has 0 unspecified atom stereocenters. The van der Waals surface area contributed by atoms with Crippen molar-refractivity contribution in [2.45, 2.75) is 25.9 Å². The van der Waals surface area contributed by atoms with E-state index in [0.717, 1.165) is 5.56 Å². The Bertz CT molecular complexity index is 459. The summed E-state index contributed by atoms with van der Waals surface area (Å²) in [4.78, 5) is 24.9. The first-order valence-electron chi connectivity index (χ1n) is 6.45. The lowest BCUT2D eigenvalue weighted by Gasteiger charge is -2.31. The molecule has 0 aromatic heterocycles. The number of ether oxygens (including phenoxy) is 1. The smallest absolute Gasteiger partial charge is 0.302 e. The van der Waals surface area contributed by atoms with Gasteiger partial charge in [0, 0.05) is 38.4 Å². The van der Waals surface area contributed by atoms with E-state index in [4.69, 9.17) is 4.74 Å². The molecule has 1 heterocycles. The molecule has 0 N–H and O–H groups in total. The lowest BCUT2D eigenvalue weighted by atomic mass is 10.1. The van der Waals surface area contributed by atoms with Crippen LogP contribution in [-0.4, -0.2) is 36.0 Å². The van der Waals surface area contributed by atoms with Crippen molar-refractivity contribution in [1.29, 1.82) is 0 Å². The van der Waals surface area contributed by atoms with E-state index in [9.17, 15) is 9.59 Å². The van der Waals surface area contributed by atoms with E-state index in [1.54, 1.807) is 17.0 Å². The molecule has 1 radical (unpaired) electrons. The number of carbonyl (C=O) groups excluding carboxylic acids is 2. The molecule has 0 aliphatic carbocycles. The number of rotatable bonds is 2. The second-order valence-corrected chi connectivity index (χ2v) is 4.80. The van der Waals surface area contributed by atoms with Crippen LogP contribution in [0.5, 0.6) is 0 Å². The SMILES string of the molecule is [CH2]c1ccc(C(=O)N2CCC(OC(C)=O)CC2)cc1. The van der Waals surface area contributed by atoms with Crippen LogP contribution in [-0.2, 0) is 9.53 Å². The molecule has 0 saturated carbocycles. The third kappa shape index (κ3) is 3.56. The minimum atomic E-state index is -0.254. The fraction of sp³-hybridized carbons (Fsp3) is 0.400. The molecular weight excluding hydrogens is 242 g/mol. The summed E-state index contributed by atoms with van der Waals surface area (Å²) >= 11 is 0. The molecule has 0 bridgehead atoms. The molecule has 1 aromatic rings. The average molecular weight is 260 g/mol. The standard InChI is InChI=1S/C15H18NO3/c1-11-3-5-13(6-4-11)15(18)16-9-7-14(8-10-16)19-12(2)17/h3-6,14H,1,7-10H2,2H3. The molecule has 1 aliphatic rings. The maximum Gasteiger partial charge on any atom is 0.302 e. The van der Waals surface area contributed by atoms with E-state index in [0.29, 0.717) is 31.5 Å². The van der Waals surface area contributed by atoms with Gasteiger partial charge in [0.2, 0.25) is 0 Å². The number of likely N-dealkylation sites (tertiary alicyclic amines) is 1. The van der Waals surface area contributed by atoms with Crippen LogP contribution < -0.4 is 0 Å². The minimum absolute atomic E-state index is 0.0290. The van der Waals surface area contributed by atoms with Crippen LogP contribution in [0.3, 0.4) is 0 Å². The number of hydrogen-bond donors (Lipinski definition) is 0. The van der Waals surface area contributed by atoms with Crippen molar-refractivity contribution in [3.8, 4) is 0 Å². The largest absolute Gasteiger partial charge is 0.462 e. The first-order chi connectivity index (χ1) is 9.06. The van der Waals surface area contributed by atoms with Crippen molar-refractivity contribution < 1.29 is 14.3 Å². The Morgan fingerprint density at radius 3 is 2.32 bits per heavy atom. The maximum absolute atomic E-state index is 12.2. The van der Waals surface area contributed by atoms with Crippen molar-refractivity contribution in [1.82, 2.24) is 4.90 Å². The van der Waals surface area contributed by atoms with Gasteiger partial charge in [-0.2, -0.15) is 0 Å². The van der Waals surface area contributed by atoms with Crippen molar-refractivity contribution >= 4 is 11.9 Å². The van der Waals surface area contributed by atoms with E-state index in [2.05, 4.69) is 6.92 Å². The molecule has 1 aliphatic heterocycles. The molecular formula is C15H18NO3. The van der Waals surface area contributed by atoms with Crippen LogP contribution in [0.25, 0.3) is 0 Å². The Balaban J connectivity index is 1.92. The molecule has 101 valence electrons. The predicted molar refractivity (Wildman–Crippen MR) is 71.6 cm³/mol. The van der Waals surface area contributed by atoms with Crippen LogP contribution in [0.1, 0.15) is 35.7 Å². The van der Waals surface area contributed by atoms with Crippen molar-refractivity contribution in [2.75, 3.05) is 13.1 Å². The van der Waals surface area contributed by atoms with Gasteiger partial charge in [0.25, 0.3) is 5.91 Å². The average Bonchev–Trinajstić information content (AvgIpc) is 2.39. The first kappa shape index (κ1) is 13.6. The van der Waals surface area contributed by atoms with Crippen molar-refractivity contribution in [3.63, 3.8) is 0 Å². The summed E-state index contributed by atoms with van der Waals surface area (Å²) in [6.07, 6.45) is 1.36. The third-order valence-corrected chi connectivity index (χ3v) is 3.26. The highest BCUT2D eigenvalue weighted by atomic mass is 16.5. The number of carbonyl (C=O) groups is 2. The van der Waals surface area contributed by atoms with Crippen LogP contribution in [0, 0.1) is 6.92 Å². The van der Waals surface area contributed by atoms with Gasteiger partial charge in [0.05, 0.1) is 0 Å². The quantitative estimate of drug-likeness (QED) is 0.764. The molecule has 4 nitrogen and oxygen atoms in total. The second kappa shape index (κ2) is 5.87. The monoisotopic (exact) mass is 260 g/mol. The summed E-state index contributed by atoms with van der Waals surface area (Å²) in [5, 5.41) is 0. The number of hydrogen-bond acceptors (Lipinski definition) is 3. The summed E-state index contributed by atoms with van der Waals surface area (Å²) in [5.41, 5.74) is 1.57. The molecule has 2 rings (SSSR count). The predicted octanol–water partition coefficient (Wildman–Crippen LogP) is 2.04. The Hall–Kier alpha value is -1.84. The zero-order valence-electron chi connectivity index (χ0n) is 11.1. The van der Waals surface area contributed by atoms with Crippen LogP contribution in [0.4, 0.5) is 0 Å². The molecule has 1 saturated heterocycles. The van der Waals surface area contributed by atoms with Crippen LogP contribution >= 0.6 is 0 Å². The van der Waals surface area contributed by atoms with Gasteiger partial charge in [-0.05, 0) is 24.6 Å². The summed E-state index contributed by atoms with van der Waals surface area (Å²) < 4.78 is 5.16. The van der Waals surface area contributed by atoms with Crippen LogP contribution in [0.15, 0.2) is 24.3 Å². The molecule has 19 heavy (non-hydrogen) atoms. The fourth-order valence-corrected chi connectivity index (χ4v) is 2.24. The summed E-state index contributed by atoms with van der Waals surface area (Å²) in [5.74, 6) is -0.225. The van der Waals surface area contributed by atoms with E-state index in [1.807, 2.05) is 12.1 Å². The summed E-state index contributed by atoms with van der Waals surface area (Å²) in [6.45, 7) is 6.47. The van der Waals surface area contributed by atoms with Gasteiger partial charge in [-0.3, -0.25) is 9.59 Å². The Labute approximate surface area is 113 Å². The first-order valence-corrected chi connectivity index (χ1v) is 6.45. The van der Waals surface area contributed by atoms with E-state index in [1.165, 1.54) is 6.92 Å². The van der Waals surface area contributed by atoms with Gasteiger partial charge < -0.3 is 9.64 Å². The molecule has 0 spiro atoms. The maximum atomic E-state index is 12.2. The molecule has 4 heteroatoms. The Morgan fingerprint density at radius 1 is 1.21 bits per heavy atom. The summed E-state index contributed by atoms with van der Waals surface area (Å²) in [7, 11) is 0. The number of benzene rings is 1. The van der Waals surface area contributed by atoms with Crippen LogP contribution in [0.2, 0.25) is 0 Å². The van der Waals surface area contributed by atoms with Crippen molar-refractivity contribution in [2.24, 2.45) is 0 Å². The van der Waals surface area contributed by atoms with Gasteiger partial charge in [-0.25, -0.2) is 0 Å². The van der Waals surface area contributed by atoms with Gasteiger partial charge in [-0.1, -0.05) is 12.1 Å². The topological polar surface area (TPSA) is 46.6 Å². The van der Waals surface area contributed by atoms with Gasteiger partial charge in [0.15, 0.2) is 0 Å². The highest BCUT2D eigenvalue weighted by molar-refractivity contribution is 5.94. The van der Waals surface area contributed by atoms with E-state index in [-0.39, 0.29) is 18.0 Å². The normalized spacial score (nSPS) is 16.2. The lowest BCUT2D eigenvalue weighted by molar-refractivity contribution is -0.148. The summed E-state index contributed by atoms with van der Waals surface area (Å²) in [6, 6.07) is 7.25. The highest BCUT2D eigenvalue weighted by Gasteiger charge is 2.24. The minimum Gasteiger partial charge on any atom is -0.462 e. The fourth-order valence-electron chi connectivity index (χ4n) is 2.24. The lowest BCUT2D eigenvalue weighted by Crippen LogP contribution is -2.41. The van der Waals surface area contributed by atoms with Gasteiger partial charge in [-0.15, -0.1) is 0 Å². The highest BCUT2D eigenvalue weighted by Crippen LogP contribution is 2.16. The molecule has 1 fully saturated rings. The third-order valence-electron chi connectivity index (χ3n) is 3.26. The molecule has 0 atom stereocenters. The Morgan fingerprint density at radius 2 is 1.79 bits per heavy atom. The molecule has 1 aromatic carbocycles. The van der Waals surface area contributed by atoms with E-state index < -0.39 is 0 Å². The number of piperidine rings is 1. The van der Waals surface area contributed by atoms with Gasteiger partial charge in [0.1, 0.15) is 6.10 Å². The Kier molecular flexibility index (Phi) is 4.20. The number of esters is 1. The second-order valence-electron chi connectivity index (χ2n) is 4.80. The van der Waals surface area contributed by atoms with E-state index >= 15 is 0 Å². The van der Waals surface area contributed by atoms with Crippen molar-refractivity contribution in [3.05, 3.63) is 42.3 Å². The zero-order chi connectivity index (χ0) is 13.8. The number of amides is 1. The molecule has 1 amide bonds.